The van der Waals surface area contributed by atoms with E-state index in [4.69, 9.17) is 4.74 Å². The van der Waals surface area contributed by atoms with Crippen molar-refractivity contribution in [3.05, 3.63) is 44.8 Å². The molecule has 0 aromatic carbocycles. The number of ether oxygens (including phenoxy) is 1. The van der Waals surface area contributed by atoms with Gasteiger partial charge in [0, 0.05) is 13.2 Å². The molecule has 0 spiro atoms. The van der Waals surface area contributed by atoms with Crippen molar-refractivity contribution < 1.29 is 14.6 Å². The summed E-state index contributed by atoms with van der Waals surface area (Å²) in [6.07, 6.45) is 4.74. The molecule has 0 amide bonds. The number of nitrogens with zero attached hydrogens (tertiary/aromatic N) is 5. The van der Waals surface area contributed by atoms with Gasteiger partial charge < -0.3 is 25.0 Å². The number of hydrogen-bond acceptors (Lipinski definition) is 7. The molecule has 11 nitrogen and oxygen atoms in total. The summed E-state index contributed by atoms with van der Waals surface area (Å²) in [5.41, 5.74) is 0. The van der Waals surface area contributed by atoms with Gasteiger partial charge in [-0.15, -0.1) is 5.10 Å². The van der Waals surface area contributed by atoms with Gasteiger partial charge >= 0.3 is 11.6 Å². The summed E-state index contributed by atoms with van der Waals surface area (Å²) in [5.74, 6) is -0.165. The number of aromatic amines is 1. The van der Waals surface area contributed by atoms with E-state index in [9.17, 15) is 20.2 Å². The number of H-pyrrole nitrogens is 1. The molecule has 1 saturated heterocycles. The maximum atomic E-state index is 10.4. The summed E-state index contributed by atoms with van der Waals surface area (Å²) in [6.45, 7) is 1.41. The van der Waals surface area contributed by atoms with Crippen molar-refractivity contribution in [3.63, 3.8) is 0 Å². The first-order chi connectivity index (χ1) is 10.6. The van der Waals surface area contributed by atoms with Crippen LogP contribution in [-0.2, 0) is 4.74 Å². The molecule has 3 heterocycles. The summed E-state index contributed by atoms with van der Waals surface area (Å²) >= 11 is 0. The van der Waals surface area contributed by atoms with Gasteiger partial charge in [-0.3, -0.25) is 0 Å². The first-order valence-electron chi connectivity index (χ1n) is 6.49. The number of rotatable bonds is 3. The zero-order valence-electron chi connectivity index (χ0n) is 11.5. The summed E-state index contributed by atoms with van der Waals surface area (Å²) in [7, 11) is 0. The smallest absolute Gasteiger partial charge is 0.381 e. The molecule has 22 heavy (non-hydrogen) atoms. The highest BCUT2D eigenvalue weighted by Gasteiger charge is 2.21. The van der Waals surface area contributed by atoms with Crippen molar-refractivity contribution in [3.8, 4) is 0 Å². The Hall–Kier alpha value is -2.82. The van der Waals surface area contributed by atoms with Crippen molar-refractivity contribution in [2.45, 2.75) is 18.9 Å². The van der Waals surface area contributed by atoms with Crippen LogP contribution in [0, 0.1) is 20.2 Å². The number of nitrogens with one attached hydrogen (secondary N) is 1. The molecule has 11 heteroatoms. The average molecular weight is 310 g/mol. The highest BCUT2D eigenvalue weighted by atomic mass is 16.6. The maximum Gasteiger partial charge on any atom is 0.389 e. The van der Waals surface area contributed by atoms with E-state index in [1.807, 2.05) is 0 Å². The van der Waals surface area contributed by atoms with Gasteiger partial charge in [0.2, 0.25) is 0 Å². The van der Waals surface area contributed by atoms with E-state index < -0.39 is 9.85 Å². The van der Waals surface area contributed by atoms with Crippen LogP contribution in [0.3, 0.4) is 0 Å². The number of aromatic nitrogens is 4. The van der Waals surface area contributed by atoms with Gasteiger partial charge in [-0.2, -0.15) is 4.68 Å². The van der Waals surface area contributed by atoms with E-state index in [2.05, 4.69) is 15.3 Å². The zero-order chi connectivity index (χ0) is 15.9. The molecule has 1 N–H and O–H groups in total. The lowest BCUT2D eigenvalue weighted by Gasteiger charge is -2.19. The Morgan fingerprint density at radius 2 is 1.95 bits per heavy atom. The third kappa shape index (κ3) is 4.09. The van der Waals surface area contributed by atoms with Gasteiger partial charge in [0.05, 0.1) is 35.7 Å². The van der Waals surface area contributed by atoms with Gasteiger partial charge in [0.1, 0.15) is 0 Å². The predicted octanol–water partition coefficient (Wildman–Crippen LogP) is 1.46. The van der Waals surface area contributed by atoms with E-state index in [-0.39, 0.29) is 17.7 Å². The largest absolute Gasteiger partial charge is 0.389 e. The molecule has 2 aromatic rings. The van der Waals surface area contributed by atoms with Gasteiger partial charge in [0.25, 0.3) is 0 Å². The van der Waals surface area contributed by atoms with Gasteiger partial charge in [-0.05, 0) is 22.7 Å². The van der Waals surface area contributed by atoms with Crippen LogP contribution >= 0.6 is 0 Å². The lowest BCUT2D eigenvalue weighted by atomic mass is 10.1. The van der Waals surface area contributed by atoms with Crippen molar-refractivity contribution in [1.82, 2.24) is 20.0 Å². The summed E-state index contributed by atoms with van der Waals surface area (Å²) in [4.78, 5) is 19.2. The van der Waals surface area contributed by atoms with Crippen molar-refractivity contribution in [1.29, 1.82) is 0 Å². The van der Waals surface area contributed by atoms with Crippen LogP contribution in [0.2, 0.25) is 0 Å². The second-order valence-electron chi connectivity index (χ2n) is 4.45. The van der Waals surface area contributed by atoms with E-state index in [1.165, 1.54) is 18.3 Å². The van der Waals surface area contributed by atoms with E-state index in [0.29, 0.717) is 13.2 Å². The third-order valence-electron chi connectivity index (χ3n) is 3.03. The molecule has 0 aliphatic carbocycles. The Kier molecular flexibility index (Phi) is 5.14. The second kappa shape index (κ2) is 7.26. The molecule has 1 aliphatic heterocycles. The van der Waals surface area contributed by atoms with Gasteiger partial charge in [0.15, 0.2) is 0 Å². The molecule has 0 saturated carbocycles. The lowest BCUT2D eigenvalue weighted by Crippen LogP contribution is -2.19. The Morgan fingerprint density at radius 3 is 2.41 bits per heavy atom. The Bertz CT molecular complexity index is 619. The molecule has 0 bridgehead atoms. The molecule has 0 radical (unpaired) electrons. The number of hydrogen-bond donors (Lipinski definition) is 1. The molecule has 118 valence electrons. The predicted molar refractivity (Wildman–Crippen MR) is 73.2 cm³/mol. The summed E-state index contributed by atoms with van der Waals surface area (Å²) < 4.78 is 6.87. The van der Waals surface area contributed by atoms with Crippen LogP contribution < -0.4 is 0 Å². The van der Waals surface area contributed by atoms with Gasteiger partial charge in [-0.1, -0.05) is 5.10 Å². The molecular weight excluding hydrogens is 296 g/mol. The first-order valence-corrected chi connectivity index (χ1v) is 6.49. The Morgan fingerprint density at radius 1 is 1.23 bits per heavy atom. The number of nitro groups is 2. The molecule has 1 fully saturated rings. The highest BCUT2D eigenvalue weighted by molar-refractivity contribution is 5.14. The molecule has 2 aromatic heterocycles. The Balaban J connectivity index is 0.000000188. The van der Waals surface area contributed by atoms with Crippen LogP contribution in [0.1, 0.15) is 18.9 Å². The zero-order valence-corrected chi connectivity index (χ0v) is 11.5. The molecule has 0 atom stereocenters. The molecular formula is C11H14N6O5. The fraction of sp³-hybridized carbons (Fsp3) is 0.455. The van der Waals surface area contributed by atoms with Crippen LogP contribution in [-0.4, -0.2) is 43.0 Å². The fourth-order valence-corrected chi connectivity index (χ4v) is 1.93. The Labute approximate surface area is 124 Å². The van der Waals surface area contributed by atoms with Crippen LogP contribution in [0.25, 0.3) is 0 Å². The molecule has 0 unspecified atom stereocenters. The van der Waals surface area contributed by atoms with Crippen LogP contribution in [0.4, 0.5) is 11.6 Å². The third-order valence-corrected chi connectivity index (χ3v) is 3.03. The van der Waals surface area contributed by atoms with Crippen LogP contribution in [0.5, 0.6) is 0 Å². The minimum absolute atomic E-state index is 0.0787. The summed E-state index contributed by atoms with van der Waals surface area (Å²) in [5, 5.41) is 29.7. The lowest BCUT2D eigenvalue weighted by molar-refractivity contribution is -0.389. The molecule has 1 aliphatic rings. The maximum absolute atomic E-state index is 10.4. The minimum Gasteiger partial charge on any atom is -0.381 e. The fourth-order valence-electron chi connectivity index (χ4n) is 1.93. The second-order valence-corrected chi connectivity index (χ2v) is 4.45. The van der Waals surface area contributed by atoms with Crippen LogP contribution in [0.15, 0.2) is 24.5 Å². The standard InChI is InChI=1S/C8H11N3O3.C3H3N3O2/c12-11(13)8-1-4-10(9-8)7-2-5-14-6-3-7;7-6(8)3-1-2-4-5-3/h1,4,7H,2-3,5-6H2;1-2H,(H,4,5). The van der Waals surface area contributed by atoms with Crippen molar-refractivity contribution in [2.24, 2.45) is 0 Å². The SMILES string of the molecule is O=[N+]([O-])c1ccn(C2CCOCC2)n1.O=[N+]([O-])c1ccn[nH]1. The first kappa shape index (κ1) is 15.6. The topological polar surface area (TPSA) is 142 Å². The monoisotopic (exact) mass is 310 g/mol. The minimum atomic E-state index is -0.535. The van der Waals surface area contributed by atoms with Crippen molar-refractivity contribution in [2.75, 3.05) is 13.2 Å². The summed E-state index contributed by atoms with van der Waals surface area (Å²) in [6, 6.07) is 2.97. The molecule has 3 rings (SSSR count). The van der Waals surface area contributed by atoms with E-state index in [0.717, 1.165) is 12.8 Å². The highest BCUT2D eigenvalue weighted by Crippen LogP contribution is 2.21. The van der Waals surface area contributed by atoms with Gasteiger partial charge in [-0.25, -0.2) is 0 Å². The quantitative estimate of drug-likeness (QED) is 0.667. The average Bonchev–Trinajstić information content (AvgIpc) is 3.21. The van der Waals surface area contributed by atoms with E-state index in [1.54, 1.807) is 10.9 Å². The normalized spacial score (nSPS) is 14.9. The van der Waals surface area contributed by atoms with E-state index >= 15 is 0 Å². The van der Waals surface area contributed by atoms with Crippen molar-refractivity contribution >= 4 is 11.6 Å².